The molecule has 8 heteroatoms. The highest BCUT2D eigenvalue weighted by molar-refractivity contribution is 5.76. The summed E-state index contributed by atoms with van der Waals surface area (Å²) in [7, 11) is 0. The third-order valence-corrected chi connectivity index (χ3v) is 4.27. The number of morpholine rings is 1. The van der Waals surface area contributed by atoms with Crippen molar-refractivity contribution in [1.29, 1.82) is 0 Å². The van der Waals surface area contributed by atoms with E-state index in [9.17, 15) is 4.79 Å². The van der Waals surface area contributed by atoms with E-state index in [0.717, 1.165) is 11.4 Å². The number of hydrogen-bond donors (Lipinski definition) is 1. The molecule has 0 saturated carbocycles. The van der Waals surface area contributed by atoms with E-state index in [1.807, 2.05) is 26.8 Å². The lowest BCUT2D eigenvalue weighted by atomic mass is 10.1. The van der Waals surface area contributed by atoms with Crippen molar-refractivity contribution < 1.29 is 13.9 Å². The molecular formula is C18H25N5O3. The van der Waals surface area contributed by atoms with Crippen LogP contribution >= 0.6 is 0 Å². The van der Waals surface area contributed by atoms with E-state index in [4.69, 9.17) is 14.9 Å². The average molecular weight is 359 g/mol. The van der Waals surface area contributed by atoms with Crippen molar-refractivity contribution in [2.75, 3.05) is 25.4 Å². The van der Waals surface area contributed by atoms with Gasteiger partial charge in [-0.2, -0.15) is 0 Å². The van der Waals surface area contributed by atoms with Crippen molar-refractivity contribution in [2.24, 2.45) is 0 Å². The molecule has 1 aliphatic heterocycles. The first-order chi connectivity index (χ1) is 12.4. The number of anilines is 1. The summed E-state index contributed by atoms with van der Waals surface area (Å²) in [5.41, 5.74) is 8.15. The van der Waals surface area contributed by atoms with Crippen molar-refractivity contribution in [2.45, 2.75) is 45.6 Å². The molecule has 0 radical (unpaired) electrons. The molecule has 1 unspecified atom stereocenters. The highest BCUT2D eigenvalue weighted by Crippen LogP contribution is 2.23. The number of rotatable bonds is 5. The van der Waals surface area contributed by atoms with E-state index >= 15 is 0 Å². The lowest BCUT2D eigenvalue weighted by molar-refractivity contribution is -0.139. The molecule has 3 rings (SSSR count). The van der Waals surface area contributed by atoms with E-state index in [1.165, 1.54) is 0 Å². The van der Waals surface area contributed by atoms with Gasteiger partial charge in [-0.25, -0.2) is 0 Å². The maximum Gasteiger partial charge on any atom is 0.223 e. The van der Waals surface area contributed by atoms with Gasteiger partial charge in [0.15, 0.2) is 0 Å². The Kier molecular flexibility index (Phi) is 5.51. The van der Waals surface area contributed by atoms with Gasteiger partial charge in [0.1, 0.15) is 6.10 Å². The number of aromatic nitrogens is 3. The van der Waals surface area contributed by atoms with Crippen LogP contribution in [0.3, 0.4) is 0 Å². The second kappa shape index (κ2) is 7.82. The Morgan fingerprint density at radius 3 is 2.88 bits per heavy atom. The maximum atomic E-state index is 12.6. The second-order valence-electron chi connectivity index (χ2n) is 6.85. The molecule has 26 heavy (non-hydrogen) atoms. The Labute approximate surface area is 152 Å². The largest absolute Gasteiger partial charge is 0.425 e. The van der Waals surface area contributed by atoms with E-state index in [1.54, 1.807) is 11.0 Å². The summed E-state index contributed by atoms with van der Waals surface area (Å²) >= 11 is 0. The molecule has 2 N–H and O–H groups in total. The van der Waals surface area contributed by atoms with Crippen LogP contribution in [0, 0.1) is 6.92 Å². The summed E-state index contributed by atoms with van der Waals surface area (Å²) in [6.07, 6.45) is 0.511. The highest BCUT2D eigenvalue weighted by Gasteiger charge is 2.26. The van der Waals surface area contributed by atoms with Crippen LogP contribution in [0.2, 0.25) is 0 Å². The van der Waals surface area contributed by atoms with Crippen LogP contribution in [0.1, 0.15) is 55.5 Å². The van der Waals surface area contributed by atoms with E-state index in [-0.39, 0.29) is 17.9 Å². The molecule has 0 spiro atoms. The summed E-state index contributed by atoms with van der Waals surface area (Å²) < 4.78 is 11.4. The van der Waals surface area contributed by atoms with Gasteiger partial charge in [-0.1, -0.05) is 13.8 Å². The molecule has 3 heterocycles. The Balaban J connectivity index is 1.58. The minimum absolute atomic E-state index is 0.0446. The molecule has 1 atom stereocenters. The van der Waals surface area contributed by atoms with Crippen molar-refractivity contribution >= 4 is 11.6 Å². The Hall–Kier alpha value is -2.48. The van der Waals surface area contributed by atoms with Crippen molar-refractivity contribution in [3.8, 4) is 0 Å². The number of pyridine rings is 1. The van der Waals surface area contributed by atoms with E-state index < -0.39 is 0 Å². The van der Waals surface area contributed by atoms with E-state index in [2.05, 4.69) is 15.2 Å². The number of nitrogen functional groups attached to an aromatic ring is 1. The third kappa shape index (κ3) is 4.37. The molecule has 140 valence electrons. The SMILES string of the molecule is Cc1cc(N)cc(C2CN(C(=O)CCc3nnc(C(C)C)o3)CCO2)n1. The third-order valence-electron chi connectivity index (χ3n) is 4.27. The zero-order chi connectivity index (χ0) is 18.7. The van der Waals surface area contributed by atoms with Crippen LogP contribution in [0.4, 0.5) is 5.69 Å². The molecule has 2 aromatic rings. The smallest absolute Gasteiger partial charge is 0.223 e. The minimum atomic E-state index is -0.258. The van der Waals surface area contributed by atoms with Gasteiger partial charge in [0.05, 0.1) is 18.8 Å². The molecule has 1 amide bonds. The van der Waals surface area contributed by atoms with Gasteiger partial charge >= 0.3 is 0 Å². The molecule has 0 aromatic carbocycles. The zero-order valence-corrected chi connectivity index (χ0v) is 15.4. The number of amides is 1. The predicted molar refractivity (Wildman–Crippen MR) is 95.4 cm³/mol. The average Bonchev–Trinajstić information content (AvgIpc) is 3.08. The molecule has 0 aliphatic carbocycles. The molecule has 0 bridgehead atoms. The first kappa shape index (κ1) is 18.3. The topological polar surface area (TPSA) is 107 Å². The van der Waals surface area contributed by atoms with Crippen LogP contribution in [-0.4, -0.2) is 45.7 Å². The first-order valence-electron chi connectivity index (χ1n) is 8.88. The molecule has 8 nitrogen and oxygen atoms in total. The minimum Gasteiger partial charge on any atom is -0.425 e. The molecule has 1 aliphatic rings. The zero-order valence-electron chi connectivity index (χ0n) is 15.4. The van der Waals surface area contributed by atoms with Gasteiger partial charge in [-0.15, -0.1) is 10.2 Å². The monoisotopic (exact) mass is 359 g/mol. The summed E-state index contributed by atoms with van der Waals surface area (Å²) in [5.74, 6) is 1.33. The Morgan fingerprint density at radius 1 is 1.38 bits per heavy atom. The van der Waals surface area contributed by atoms with Crippen molar-refractivity contribution in [3.63, 3.8) is 0 Å². The number of nitrogens with two attached hydrogens (primary N) is 1. The molecule has 2 aromatic heterocycles. The van der Waals surface area contributed by atoms with Crippen molar-refractivity contribution in [1.82, 2.24) is 20.1 Å². The van der Waals surface area contributed by atoms with Gasteiger partial charge < -0.3 is 19.8 Å². The highest BCUT2D eigenvalue weighted by atomic mass is 16.5. The summed E-state index contributed by atoms with van der Waals surface area (Å²) in [5, 5.41) is 7.99. The number of carbonyl (C=O) groups excluding carboxylic acids is 1. The second-order valence-corrected chi connectivity index (χ2v) is 6.85. The number of hydrogen-bond acceptors (Lipinski definition) is 7. The fourth-order valence-electron chi connectivity index (χ4n) is 2.91. The lowest BCUT2D eigenvalue weighted by Crippen LogP contribution is -2.42. The number of aryl methyl sites for hydroxylation is 2. The van der Waals surface area contributed by atoms with Crippen LogP contribution < -0.4 is 5.73 Å². The maximum absolute atomic E-state index is 12.6. The van der Waals surface area contributed by atoms with Crippen LogP contribution in [0.5, 0.6) is 0 Å². The normalized spacial score (nSPS) is 17.7. The van der Waals surface area contributed by atoms with Gasteiger partial charge in [0.2, 0.25) is 17.7 Å². The van der Waals surface area contributed by atoms with Gasteiger partial charge in [0.25, 0.3) is 0 Å². The first-order valence-corrected chi connectivity index (χ1v) is 8.88. The van der Waals surface area contributed by atoms with Crippen LogP contribution in [0.15, 0.2) is 16.5 Å². The standard InChI is InChI=1S/C18H25N5O3/c1-11(2)18-22-21-16(26-18)4-5-17(24)23-6-7-25-15(10-23)14-9-13(19)8-12(3)20-14/h8-9,11,15H,4-7,10H2,1-3H3,(H2,19,20). The fourth-order valence-corrected chi connectivity index (χ4v) is 2.91. The van der Waals surface area contributed by atoms with E-state index in [0.29, 0.717) is 50.0 Å². The number of nitrogens with zero attached hydrogens (tertiary/aromatic N) is 4. The van der Waals surface area contributed by atoms with Gasteiger partial charge in [-0.3, -0.25) is 9.78 Å². The fraction of sp³-hybridized carbons (Fsp3) is 0.556. The Bertz CT molecular complexity index is 754. The summed E-state index contributed by atoms with van der Waals surface area (Å²) in [6, 6.07) is 3.61. The number of carbonyl (C=O) groups is 1. The summed E-state index contributed by atoms with van der Waals surface area (Å²) in [6.45, 7) is 7.38. The van der Waals surface area contributed by atoms with Gasteiger partial charge in [0, 0.05) is 36.7 Å². The molecule has 1 fully saturated rings. The van der Waals surface area contributed by atoms with Crippen LogP contribution in [-0.2, 0) is 16.0 Å². The summed E-state index contributed by atoms with van der Waals surface area (Å²) in [4.78, 5) is 18.8. The van der Waals surface area contributed by atoms with Gasteiger partial charge in [-0.05, 0) is 19.1 Å². The molecule has 1 saturated heterocycles. The number of ether oxygens (including phenoxy) is 1. The quantitative estimate of drug-likeness (QED) is 0.870. The lowest BCUT2D eigenvalue weighted by Gasteiger charge is -2.33. The van der Waals surface area contributed by atoms with Crippen LogP contribution in [0.25, 0.3) is 0 Å². The van der Waals surface area contributed by atoms with Crippen molar-refractivity contribution in [3.05, 3.63) is 35.3 Å². The Morgan fingerprint density at radius 2 is 2.19 bits per heavy atom. The molecular weight excluding hydrogens is 334 g/mol. The predicted octanol–water partition coefficient (Wildman–Crippen LogP) is 2.01.